The van der Waals surface area contributed by atoms with Gasteiger partial charge in [0.25, 0.3) is 11.7 Å². The minimum Gasteiger partial charge on any atom is -0.385 e. The van der Waals surface area contributed by atoms with E-state index in [1.54, 1.807) is 7.11 Å². The Morgan fingerprint density at radius 3 is 2.75 bits per heavy atom. The molecule has 0 radical (unpaired) electrons. The second kappa shape index (κ2) is 6.58. The molecule has 1 aliphatic heterocycles. The van der Waals surface area contributed by atoms with Crippen LogP contribution in [0.15, 0.2) is 18.2 Å². The van der Waals surface area contributed by atoms with Gasteiger partial charge in [-0.2, -0.15) is 0 Å². The number of rotatable bonds is 7. The Morgan fingerprint density at radius 1 is 1.20 bits per heavy atom. The topological polar surface area (TPSA) is 55.8 Å². The summed E-state index contributed by atoms with van der Waals surface area (Å²) >= 11 is 0. The zero-order valence-corrected chi connectivity index (χ0v) is 11.2. The third-order valence-electron chi connectivity index (χ3n) is 3.03. The van der Waals surface area contributed by atoms with Crippen molar-refractivity contribution < 1.29 is 23.5 Å². The van der Waals surface area contributed by atoms with Crippen molar-refractivity contribution in [3.63, 3.8) is 0 Å². The molecule has 1 amide bonds. The number of ether oxygens (including phenoxy) is 2. The lowest BCUT2D eigenvalue weighted by Crippen LogP contribution is -2.33. The predicted molar refractivity (Wildman–Crippen MR) is 70.4 cm³/mol. The molecule has 0 fully saturated rings. The number of amides is 1. The van der Waals surface area contributed by atoms with Crippen LogP contribution in [-0.2, 0) is 14.3 Å². The number of hydrogen-bond donors (Lipinski definition) is 0. The summed E-state index contributed by atoms with van der Waals surface area (Å²) in [6.07, 6.45) is 0.759. The monoisotopic (exact) mass is 281 g/mol. The third-order valence-corrected chi connectivity index (χ3v) is 3.03. The molecule has 1 aliphatic rings. The van der Waals surface area contributed by atoms with Crippen molar-refractivity contribution in [1.82, 2.24) is 0 Å². The minimum absolute atomic E-state index is 0.230. The lowest BCUT2D eigenvalue weighted by Gasteiger charge is -2.16. The van der Waals surface area contributed by atoms with Gasteiger partial charge in [0, 0.05) is 26.9 Å². The van der Waals surface area contributed by atoms with Crippen molar-refractivity contribution in [3.8, 4) is 0 Å². The van der Waals surface area contributed by atoms with Crippen molar-refractivity contribution in [2.45, 2.75) is 6.42 Å². The van der Waals surface area contributed by atoms with E-state index < -0.39 is 17.5 Å². The van der Waals surface area contributed by atoms with Crippen molar-refractivity contribution in [2.75, 3.05) is 38.4 Å². The molecule has 6 heteroatoms. The average molecular weight is 281 g/mol. The van der Waals surface area contributed by atoms with Gasteiger partial charge in [0.2, 0.25) is 0 Å². The van der Waals surface area contributed by atoms with E-state index >= 15 is 0 Å². The first-order valence-corrected chi connectivity index (χ1v) is 6.37. The number of methoxy groups -OCH3 is 1. The van der Waals surface area contributed by atoms with E-state index in [0.29, 0.717) is 25.5 Å². The summed E-state index contributed by atoms with van der Waals surface area (Å²) in [4.78, 5) is 24.8. The number of halogens is 1. The van der Waals surface area contributed by atoms with Crippen molar-refractivity contribution in [2.24, 2.45) is 0 Å². The highest BCUT2D eigenvalue weighted by atomic mass is 19.1. The van der Waals surface area contributed by atoms with Crippen LogP contribution in [-0.4, -0.2) is 45.2 Å². The van der Waals surface area contributed by atoms with E-state index in [1.165, 1.54) is 23.1 Å². The SMILES string of the molecule is COCCCOCCN1C(=O)C(=O)c2ccc(F)cc21. The average Bonchev–Trinajstić information content (AvgIpc) is 2.67. The first kappa shape index (κ1) is 14.6. The Morgan fingerprint density at radius 2 is 2.00 bits per heavy atom. The van der Waals surface area contributed by atoms with Gasteiger partial charge in [-0.1, -0.05) is 0 Å². The van der Waals surface area contributed by atoms with E-state index in [4.69, 9.17) is 9.47 Å². The normalized spacial score (nSPS) is 14.0. The van der Waals surface area contributed by atoms with Gasteiger partial charge in [-0.05, 0) is 24.6 Å². The molecule has 1 aromatic rings. The number of carbonyl (C=O) groups excluding carboxylic acids is 2. The Labute approximate surface area is 116 Å². The highest BCUT2D eigenvalue weighted by Gasteiger charge is 2.35. The number of carbonyl (C=O) groups is 2. The van der Waals surface area contributed by atoms with Crippen LogP contribution in [0.25, 0.3) is 0 Å². The molecular formula is C14H16FNO4. The summed E-state index contributed by atoms with van der Waals surface area (Å²) in [5.41, 5.74) is 0.566. The standard InChI is InChI=1S/C14H16FNO4/c1-19-6-2-7-20-8-5-16-12-9-10(15)3-4-11(12)13(17)14(16)18/h3-4,9H,2,5-8H2,1H3. The molecule has 0 atom stereocenters. The Balaban J connectivity index is 1.94. The van der Waals surface area contributed by atoms with Crippen LogP contribution in [0, 0.1) is 5.82 Å². The van der Waals surface area contributed by atoms with Crippen LogP contribution in [0.5, 0.6) is 0 Å². The van der Waals surface area contributed by atoms with Crippen LogP contribution < -0.4 is 4.90 Å². The zero-order chi connectivity index (χ0) is 14.5. The quantitative estimate of drug-likeness (QED) is 0.560. The largest absolute Gasteiger partial charge is 0.385 e. The molecule has 0 aromatic heterocycles. The van der Waals surface area contributed by atoms with E-state index in [-0.39, 0.29) is 12.1 Å². The van der Waals surface area contributed by atoms with E-state index in [2.05, 4.69) is 0 Å². The fraction of sp³-hybridized carbons (Fsp3) is 0.429. The Kier molecular flexibility index (Phi) is 4.81. The van der Waals surface area contributed by atoms with Gasteiger partial charge in [-0.25, -0.2) is 4.39 Å². The number of anilines is 1. The lowest BCUT2D eigenvalue weighted by molar-refractivity contribution is -0.114. The van der Waals surface area contributed by atoms with Gasteiger partial charge in [0.05, 0.1) is 17.9 Å². The molecule has 1 heterocycles. The van der Waals surface area contributed by atoms with Crippen LogP contribution in [0.4, 0.5) is 10.1 Å². The summed E-state index contributed by atoms with van der Waals surface area (Å²) in [6, 6.07) is 3.71. The van der Waals surface area contributed by atoms with E-state index in [9.17, 15) is 14.0 Å². The first-order chi connectivity index (χ1) is 9.65. The molecule has 0 spiro atoms. The number of Topliss-reactive ketones (excluding diaryl/α,β-unsaturated/α-hetero) is 1. The van der Waals surface area contributed by atoms with Crippen LogP contribution in [0.1, 0.15) is 16.8 Å². The Bertz CT molecular complexity index is 518. The molecule has 0 aliphatic carbocycles. The predicted octanol–water partition coefficient (Wildman–Crippen LogP) is 1.41. The molecule has 20 heavy (non-hydrogen) atoms. The van der Waals surface area contributed by atoms with Crippen LogP contribution in [0.2, 0.25) is 0 Å². The molecule has 0 saturated heterocycles. The molecule has 0 N–H and O–H groups in total. The summed E-state index contributed by atoms with van der Waals surface area (Å²) in [7, 11) is 1.61. The number of hydrogen-bond acceptors (Lipinski definition) is 4. The van der Waals surface area contributed by atoms with Crippen LogP contribution in [0.3, 0.4) is 0 Å². The minimum atomic E-state index is -0.633. The summed E-state index contributed by atoms with van der Waals surface area (Å²) in [5.74, 6) is -1.71. The van der Waals surface area contributed by atoms with Crippen LogP contribution >= 0.6 is 0 Å². The smallest absolute Gasteiger partial charge is 0.299 e. The maximum Gasteiger partial charge on any atom is 0.299 e. The molecule has 5 nitrogen and oxygen atoms in total. The van der Waals surface area contributed by atoms with Crippen molar-refractivity contribution in [3.05, 3.63) is 29.6 Å². The van der Waals surface area contributed by atoms with Gasteiger partial charge < -0.3 is 14.4 Å². The van der Waals surface area contributed by atoms with Gasteiger partial charge in [-0.3, -0.25) is 9.59 Å². The number of benzene rings is 1. The van der Waals surface area contributed by atoms with Gasteiger partial charge in [0.15, 0.2) is 0 Å². The highest BCUT2D eigenvalue weighted by Crippen LogP contribution is 2.29. The van der Waals surface area contributed by atoms with Gasteiger partial charge >= 0.3 is 0 Å². The zero-order valence-electron chi connectivity index (χ0n) is 11.2. The summed E-state index contributed by atoms with van der Waals surface area (Å²) < 4.78 is 23.5. The number of ketones is 1. The molecule has 1 aromatic carbocycles. The number of nitrogens with zero attached hydrogens (tertiary/aromatic N) is 1. The molecule has 0 saturated carbocycles. The van der Waals surface area contributed by atoms with Gasteiger partial charge in [-0.15, -0.1) is 0 Å². The maximum absolute atomic E-state index is 13.2. The molecule has 0 unspecified atom stereocenters. The maximum atomic E-state index is 13.2. The summed E-state index contributed by atoms with van der Waals surface area (Å²) in [5, 5.41) is 0. The summed E-state index contributed by atoms with van der Waals surface area (Å²) in [6.45, 7) is 1.64. The third kappa shape index (κ3) is 3.02. The Hall–Kier alpha value is -1.79. The molecule has 108 valence electrons. The number of fused-ring (bicyclic) bond motifs is 1. The van der Waals surface area contributed by atoms with E-state index in [0.717, 1.165) is 6.42 Å². The molecule has 0 bridgehead atoms. The molecule has 2 rings (SSSR count). The molecular weight excluding hydrogens is 265 g/mol. The highest BCUT2D eigenvalue weighted by molar-refractivity contribution is 6.52. The second-order valence-electron chi connectivity index (χ2n) is 4.41. The fourth-order valence-corrected chi connectivity index (χ4v) is 2.05. The second-order valence-corrected chi connectivity index (χ2v) is 4.41. The van der Waals surface area contributed by atoms with Crippen molar-refractivity contribution >= 4 is 17.4 Å². The van der Waals surface area contributed by atoms with Gasteiger partial charge in [0.1, 0.15) is 5.82 Å². The first-order valence-electron chi connectivity index (χ1n) is 6.37. The van der Waals surface area contributed by atoms with E-state index in [1.807, 2.05) is 0 Å². The van der Waals surface area contributed by atoms with Crippen molar-refractivity contribution in [1.29, 1.82) is 0 Å². The fourth-order valence-electron chi connectivity index (χ4n) is 2.05. The lowest BCUT2D eigenvalue weighted by atomic mass is 10.1.